The van der Waals surface area contributed by atoms with Gasteiger partial charge >= 0.3 is 0 Å². The fourth-order valence-electron chi connectivity index (χ4n) is 5.56. The molecule has 0 amide bonds. The normalized spacial score (nSPS) is 12.9. The Labute approximate surface area is 283 Å². The predicted molar refractivity (Wildman–Crippen MR) is 205 cm³/mol. The molecule has 236 valence electrons. The van der Waals surface area contributed by atoms with E-state index in [-0.39, 0.29) is 12.1 Å². The minimum Gasteiger partial charge on any atom is -0.348 e. The van der Waals surface area contributed by atoms with Crippen LogP contribution in [0.25, 0.3) is 0 Å². The zero-order valence-electron chi connectivity index (χ0n) is 26.8. The first-order chi connectivity index (χ1) is 23.2. The summed E-state index contributed by atoms with van der Waals surface area (Å²) in [4.78, 5) is 0. The van der Waals surface area contributed by atoms with Crippen LogP contribution in [0.15, 0.2) is 182 Å². The zero-order valence-corrected chi connectivity index (χ0v) is 29.5. The molecule has 0 N–H and O–H groups in total. The Kier molecular flexibility index (Phi) is 12.1. The van der Waals surface area contributed by atoms with Gasteiger partial charge in [-0.2, -0.15) is 0 Å². The molecule has 6 aromatic carbocycles. The van der Waals surface area contributed by atoms with E-state index in [1.165, 1.54) is 31.8 Å². The van der Waals surface area contributed by atoms with Crippen molar-refractivity contribution >= 4 is 56.2 Å². The smallest absolute Gasteiger partial charge is 0.0922 e. The van der Waals surface area contributed by atoms with Crippen molar-refractivity contribution in [3.05, 3.63) is 182 Å². The summed E-state index contributed by atoms with van der Waals surface area (Å²) in [7, 11) is -0.716. The Balaban J connectivity index is 1.39. The van der Waals surface area contributed by atoms with Gasteiger partial charge in [0.2, 0.25) is 0 Å². The van der Waals surface area contributed by atoms with E-state index < -0.39 is 24.4 Å². The molecule has 0 aromatic heterocycles. The van der Waals surface area contributed by atoms with E-state index in [2.05, 4.69) is 201 Å². The molecule has 2 atom stereocenters. The van der Waals surface area contributed by atoms with Gasteiger partial charge in [0.15, 0.2) is 0 Å². The monoisotopic (exact) mass is 671 g/mol. The number of rotatable bonds is 14. The Bertz CT molecular complexity index is 1630. The van der Waals surface area contributed by atoms with Gasteiger partial charge in [0.05, 0.1) is 35.0 Å². The van der Waals surface area contributed by atoms with E-state index in [4.69, 9.17) is 9.05 Å². The van der Waals surface area contributed by atoms with Crippen LogP contribution in [0.4, 0.5) is 0 Å². The third-order valence-electron chi connectivity index (χ3n) is 7.95. The lowest BCUT2D eigenvalue weighted by molar-refractivity contribution is 0.119. The number of hydrogen-bond donors (Lipinski definition) is 0. The average Bonchev–Trinajstić information content (AvgIpc) is 3.15. The second-order valence-electron chi connectivity index (χ2n) is 11.2. The van der Waals surface area contributed by atoms with E-state index >= 15 is 0 Å². The van der Waals surface area contributed by atoms with Crippen LogP contribution in [0, 0.1) is 0 Å². The van der Waals surface area contributed by atoms with Gasteiger partial charge < -0.3 is 9.05 Å². The second-order valence-corrected chi connectivity index (χ2v) is 17.2. The minimum atomic E-state index is -1.06. The highest BCUT2D eigenvalue weighted by Crippen LogP contribution is 2.44. The molecule has 0 radical (unpaired) electrons. The van der Waals surface area contributed by atoms with Crippen LogP contribution in [-0.2, 0) is 9.05 Å². The molecule has 6 rings (SSSR count). The number of benzene rings is 6. The summed E-state index contributed by atoms with van der Waals surface area (Å²) in [6, 6.07) is 64.3. The SMILES string of the molecule is C[C@@H](OP(c1ccccc1)c1ccccc1)[C@@H](COP(c1ccccc1)c1ccccc1)N(C)P(c1ccccc1)c1ccccc1. The van der Waals surface area contributed by atoms with Crippen LogP contribution in [0.3, 0.4) is 0 Å². The Morgan fingerprint density at radius 3 is 1.09 bits per heavy atom. The topological polar surface area (TPSA) is 21.7 Å². The van der Waals surface area contributed by atoms with Crippen molar-refractivity contribution in [2.75, 3.05) is 13.7 Å². The van der Waals surface area contributed by atoms with E-state index in [0.717, 1.165) is 0 Å². The highest BCUT2D eigenvalue weighted by Gasteiger charge is 2.33. The van der Waals surface area contributed by atoms with Crippen LogP contribution in [0.2, 0.25) is 0 Å². The Morgan fingerprint density at radius 1 is 0.447 bits per heavy atom. The third-order valence-corrected chi connectivity index (χ3v) is 14.5. The second kappa shape index (κ2) is 17.1. The first-order valence-corrected chi connectivity index (χ1v) is 19.7. The van der Waals surface area contributed by atoms with Crippen LogP contribution in [0.5, 0.6) is 0 Å². The first kappa shape index (κ1) is 33.4. The van der Waals surface area contributed by atoms with Crippen molar-refractivity contribution in [3.8, 4) is 0 Å². The van der Waals surface area contributed by atoms with Gasteiger partial charge in [0, 0.05) is 29.3 Å². The first-order valence-electron chi connectivity index (χ1n) is 15.9. The average molecular weight is 672 g/mol. The fourth-order valence-corrected chi connectivity index (χ4v) is 11.7. The highest BCUT2D eigenvalue weighted by molar-refractivity contribution is 7.71. The van der Waals surface area contributed by atoms with E-state index in [1.807, 2.05) is 0 Å². The molecular weight excluding hydrogens is 631 g/mol. The summed E-state index contributed by atoms with van der Waals surface area (Å²) in [5.74, 6) is 0. The lowest BCUT2D eigenvalue weighted by Gasteiger charge is -2.40. The van der Waals surface area contributed by atoms with Crippen molar-refractivity contribution in [3.63, 3.8) is 0 Å². The van der Waals surface area contributed by atoms with Gasteiger partial charge in [-0.05, 0) is 24.6 Å². The van der Waals surface area contributed by atoms with Crippen LogP contribution in [-0.4, -0.2) is 30.5 Å². The van der Waals surface area contributed by atoms with Gasteiger partial charge in [-0.25, -0.2) is 0 Å². The minimum absolute atomic E-state index is 0.0450. The van der Waals surface area contributed by atoms with Crippen molar-refractivity contribution in [1.29, 1.82) is 0 Å². The standard InChI is InChI=1S/C41H40NO2P3/c1-34(44-47(39-29-17-7-18-30-39)40-31-19-8-20-32-40)41(33-43-46(37-25-13-5-14-26-37)38-27-15-6-16-28-38)42(2)45(35-21-9-3-10-22-35)36-23-11-4-12-24-36/h3-32,34,41H,33H2,1-2H3/t34-,41-/m1/s1. The molecule has 0 bridgehead atoms. The number of hydrogen-bond acceptors (Lipinski definition) is 3. The van der Waals surface area contributed by atoms with E-state index in [9.17, 15) is 0 Å². The molecule has 0 fully saturated rings. The molecule has 0 saturated carbocycles. The van der Waals surface area contributed by atoms with Gasteiger partial charge in [-0.1, -0.05) is 182 Å². The van der Waals surface area contributed by atoms with Gasteiger partial charge in [-0.15, -0.1) is 0 Å². The van der Waals surface area contributed by atoms with Crippen LogP contribution >= 0.6 is 24.4 Å². The molecule has 0 aliphatic rings. The molecule has 6 aromatic rings. The van der Waals surface area contributed by atoms with Crippen LogP contribution in [0.1, 0.15) is 6.92 Å². The number of likely N-dealkylation sites (N-methyl/N-ethyl adjacent to an activating group) is 1. The quantitative estimate of drug-likeness (QED) is 0.110. The fraction of sp³-hybridized carbons (Fsp3) is 0.122. The molecule has 0 aliphatic heterocycles. The van der Waals surface area contributed by atoms with E-state index in [0.29, 0.717) is 6.61 Å². The molecular formula is C41H40NO2P3. The molecule has 3 nitrogen and oxygen atoms in total. The Hall–Kier alpha value is -3.51. The number of nitrogens with zero attached hydrogens (tertiary/aromatic N) is 1. The lowest BCUT2D eigenvalue weighted by atomic mass is 10.2. The summed E-state index contributed by atoms with van der Waals surface area (Å²) in [6.07, 6.45) is -0.146. The van der Waals surface area contributed by atoms with Crippen LogP contribution < -0.4 is 31.8 Å². The van der Waals surface area contributed by atoms with Crippen molar-refractivity contribution in [2.45, 2.75) is 19.1 Å². The Morgan fingerprint density at radius 2 is 0.745 bits per heavy atom. The van der Waals surface area contributed by atoms with Gasteiger partial charge in [-0.3, -0.25) is 4.67 Å². The maximum Gasteiger partial charge on any atom is 0.0922 e. The summed E-state index contributed by atoms with van der Waals surface area (Å²) >= 11 is 0. The molecule has 0 unspecified atom stereocenters. The largest absolute Gasteiger partial charge is 0.348 e. The van der Waals surface area contributed by atoms with Crippen molar-refractivity contribution in [1.82, 2.24) is 4.67 Å². The summed E-state index contributed by atoms with van der Waals surface area (Å²) in [6.45, 7) is 2.74. The maximum atomic E-state index is 7.23. The lowest BCUT2D eigenvalue weighted by Crippen LogP contribution is -2.45. The van der Waals surface area contributed by atoms with Gasteiger partial charge in [0.1, 0.15) is 0 Å². The van der Waals surface area contributed by atoms with Gasteiger partial charge in [0.25, 0.3) is 0 Å². The summed E-state index contributed by atoms with van der Waals surface area (Å²) in [5, 5.41) is 7.41. The molecule has 0 heterocycles. The van der Waals surface area contributed by atoms with E-state index in [1.54, 1.807) is 0 Å². The maximum absolute atomic E-state index is 7.23. The van der Waals surface area contributed by atoms with Crippen molar-refractivity contribution < 1.29 is 9.05 Å². The summed E-state index contributed by atoms with van der Waals surface area (Å²) < 4.78 is 16.9. The predicted octanol–water partition coefficient (Wildman–Crippen LogP) is 7.85. The highest BCUT2D eigenvalue weighted by atomic mass is 31.1. The van der Waals surface area contributed by atoms with Crippen molar-refractivity contribution in [2.24, 2.45) is 0 Å². The molecule has 6 heteroatoms. The molecule has 0 spiro atoms. The zero-order chi connectivity index (χ0) is 32.3. The molecule has 0 saturated heterocycles. The summed E-state index contributed by atoms with van der Waals surface area (Å²) in [5.41, 5.74) is 0. The molecule has 0 aliphatic carbocycles. The third kappa shape index (κ3) is 8.70. The molecule has 47 heavy (non-hydrogen) atoms.